The van der Waals surface area contributed by atoms with Gasteiger partial charge in [0.25, 0.3) is 0 Å². The maximum absolute atomic E-state index is 13.1. The van der Waals surface area contributed by atoms with Gasteiger partial charge in [-0.05, 0) is 63.5 Å². The van der Waals surface area contributed by atoms with E-state index in [1.165, 1.54) is 12.1 Å². The van der Waals surface area contributed by atoms with Crippen molar-refractivity contribution >= 4 is 5.69 Å². The van der Waals surface area contributed by atoms with Crippen molar-refractivity contribution in [1.82, 2.24) is 10.2 Å². The predicted molar refractivity (Wildman–Crippen MR) is 90.2 cm³/mol. The van der Waals surface area contributed by atoms with Gasteiger partial charge >= 0.3 is 6.18 Å². The fraction of sp³-hybridized carbons (Fsp3) is 0.667. The first-order valence-corrected chi connectivity index (χ1v) is 8.82. The van der Waals surface area contributed by atoms with Gasteiger partial charge in [0.15, 0.2) is 0 Å². The zero-order valence-corrected chi connectivity index (χ0v) is 14.2. The molecule has 2 saturated heterocycles. The molecule has 6 heteroatoms. The van der Waals surface area contributed by atoms with Gasteiger partial charge in [0, 0.05) is 31.4 Å². The molecule has 0 bridgehead atoms. The fourth-order valence-electron chi connectivity index (χ4n) is 3.75. The summed E-state index contributed by atoms with van der Waals surface area (Å²) in [6.07, 6.45) is 0.0248. The van der Waals surface area contributed by atoms with Crippen molar-refractivity contribution in [1.29, 1.82) is 0 Å². The average molecular weight is 341 g/mol. The van der Waals surface area contributed by atoms with Crippen LogP contribution < -0.4 is 10.2 Å². The molecule has 0 amide bonds. The molecule has 2 fully saturated rings. The minimum atomic E-state index is -4.28. The number of likely N-dealkylation sites (tertiary alicyclic amines) is 1. The van der Waals surface area contributed by atoms with E-state index in [1.807, 2.05) is 7.05 Å². The lowest BCUT2D eigenvalue weighted by Gasteiger charge is -2.33. The third-order valence-corrected chi connectivity index (χ3v) is 5.25. The summed E-state index contributed by atoms with van der Waals surface area (Å²) in [7, 11) is 1.99. The predicted octanol–water partition coefficient (Wildman–Crippen LogP) is 3.49. The van der Waals surface area contributed by atoms with Crippen molar-refractivity contribution in [2.45, 2.75) is 44.4 Å². The molecule has 24 heavy (non-hydrogen) atoms. The normalized spacial score (nSPS) is 20.8. The Morgan fingerprint density at radius 1 is 1.08 bits per heavy atom. The molecule has 2 heterocycles. The zero-order valence-electron chi connectivity index (χ0n) is 14.2. The molecular formula is C18H26F3N3. The Bertz CT molecular complexity index is 545. The van der Waals surface area contributed by atoms with Crippen LogP contribution in [0.15, 0.2) is 18.2 Å². The van der Waals surface area contributed by atoms with Crippen molar-refractivity contribution in [3.05, 3.63) is 29.3 Å². The van der Waals surface area contributed by atoms with Crippen molar-refractivity contribution in [3.8, 4) is 0 Å². The van der Waals surface area contributed by atoms with Gasteiger partial charge in [-0.15, -0.1) is 0 Å². The van der Waals surface area contributed by atoms with E-state index >= 15 is 0 Å². The van der Waals surface area contributed by atoms with Gasteiger partial charge in [-0.2, -0.15) is 13.2 Å². The summed E-state index contributed by atoms with van der Waals surface area (Å²) in [6.45, 7) is 4.44. The van der Waals surface area contributed by atoms with Crippen molar-refractivity contribution in [2.75, 3.05) is 38.1 Å². The number of halogens is 3. The smallest absolute Gasteiger partial charge is 0.371 e. The Labute approximate surface area is 141 Å². The second kappa shape index (κ2) is 7.31. The molecule has 1 aromatic rings. The standard InChI is InChI=1S/C18H26F3N3/c1-22-16-6-10-23(11-7-16)13-14-4-5-15(18(19,20)21)12-17(14)24-8-2-3-9-24/h4-5,12,16,22H,2-3,6-11,13H2,1H3. The third kappa shape index (κ3) is 4.03. The van der Waals surface area contributed by atoms with Crippen LogP contribution in [0.5, 0.6) is 0 Å². The molecule has 3 nitrogen and oxygen atoms in total. The molecule has 0 saturated carbocycles. The van der Waals surface area contributed by atoms with Crippen LogP contribution in [-0.4, -0.2) is 44.2 Å². The maximum atomic E-state index is 13.1. The monoisotopic (exact) mass is 341 g/mol. The van der Waals surface area contributed by atoms with Gasteiger partial charge in [-0.25, -0.2) is 0 Å². The number of benzene rings is 1. The summed E-state index contributed by atoms with van der Waals surface area (Å²) in [6, 6.07) is 4.82. The Morgan fingerprint density at radius 3 is 2.33 bits per heavy atom. The zero-order chi connectivity index (χ0) is 17.2. The summed E-state index contributed by atoms with van der Waals surface area (Å²) in [5.41, 5.74) is 1.26. The summed E-state index contributed by atoms with van der Waals surface area (Å²) in [5.74, 6) is 0. The Morgan fingerprint density at radius 2 is 1.75 bits per heavy atom. The minimum absolute atomic E-state index is 0.540. The van der Waals surface area contributed by atoms with E-state index in [0.29, 0.717) is 6.04 Å². The summed E-state index contributed by atoms with van der Waals surface area (Å²) in [4.78, 5) is 4.47. The second-order valence-electron chi connectivity index (χ2n) is 6.87. The molecule has 134 valence electrons. The highest BCUT2D eigenvalue weighted by molar-refractivity contribution is 5.56. The average Bonchev–Trinajstić information content (AvgIpc) is 3.09. The van der Waals surface area contributed by atoms with Crippen molar-refractivity contribution < 1.29 is 13.2 Å². The van der Waals surface area contributed by atoms with Gasteiger partial charge in [0.05, 0.1) is 5.56 Å². The molecule has 0 aromatic heterocycles. The van der Waals surface area contributed by atoms with Gasteiger partial charge in [0.2, 0.25) is 0 Å². The van der Waals surface area contributed by atoms with E-state index in [2.05, 4.69) is 15.1 Å². The first kappa shape index (κ1) is 17.5. The first-order chi connectivity index (χ1) is 11.5. The van der Waals surface area contributed by atoms with E-state index in [-0.39, 0.29) is 0 Å². The van der Waals surface area contributed by atoms with E-state index < -0.39 is 11.7 Å². The van der Waals surface area contributed by atoms with Gasteiger partial charge < -0.3 is 10.2 Å². The largest absolute Gasteiger partial charge is 0.416 e. The topological polar surface area (TPSA) is 18.5 Å². The van der Waals surface area contributed by atoms with E-state index in [9.17, 15) is 13.2 Å². The molecule has 0 atom stereocenters. The highest BCUT2D eigenvalue weighted by atomic mass is 19.4. The lowest BCUT2D eigenvalue weighted by atomic mass is 10.0. The lowest BCUT2D eigenvalue weighted by molar-refractivity contribution is -0.137. The fourth-order valence-corrected chi connectivity index (χ4v) is 3.75. The van der Waals surface area contributed by atoms with Crippen LogP contribution >= 0.6 is 0 Å². The number of alkyl halides is 3. The molecular weight excluding hydrogens is 315 g/mol. The van der Waals surface area contributed by atoms with Crippen molar-refractivity contribution in [3.63, 3.8) is 0 Å². The molecule has 0 unspecified atom stereocenters. The molecule has 3 rings (SSSR count). The quantitative estimate of drug-likeness (QED) is 0.904. The molecule has 2 aliphatic heterocycles. The summed E-state index contributed by atoms with van der Waals surface area (Å²) >= 11 is 0. The Kier molecular flexibility index (Phi) is 5.35. The molecule has 0 radical (unpaired) electrons. The minimum Gasteiger partial charge on any atom is -0.371 e. The first-order valence-electron chi connectivity index (χ1n) is 8.82. The van der Waals surface area contributed by atoms with Crippen LogP contribution in [-0.2, 0) is 12.7 Å². The highest BCUT2D eigenvalue weighted by Crippen LogP contribution is 2.35. The number of piperidine rings is 1. The Balaban J connectivity index is 1.78. The highest BCUT2D eigenvalue weighted by Gasteiger charge is 2.32. The molecule has 2 aliphatic rings. The van der Waals surface area contributed by atoms with Gasteiger partial charge in [-0.3, -0.25) is 4.90 Å². The van der Waals surface area contributed by atoms with E-state index in [4.69, 9.17) is 0 Å². The maximum Gasteiger partial charge on any atom is 0.416 e. The van der Waals surface area contributed by atoms with E-state index in [1.54, 1.807) is 6.07 Å². The third-order valence-electron chi connectivity index (χ3n) is 5.25. The number of hydrogen-bond donors (Lipinski definition) is 1. The van der Waals surface area contributed by atoms with Crippen LogP contribution in [0.3, 0.4) is 0 Å². The Hall–Kier alpha value is -1.27. The van der Waals surface area contributed by atoms with Gasteiger partial charge in [0.1, 0.15) is 0 Å². The lowest BCUT2D eigenvalue weighted by Crippen LogP contribution is -2.41. The SMILES string of the molecule is CNC1CCN(Cc2ccc(C(F)(F)F)cc2N2CCCC2)CC1. The van der Waals surface area contributed by atoms with Crippen LogP contribution in [0.25, 0.3) is 0 Å². The van der Waals surface area contributed by atoms with Crippen LogP contribution in [0.1, 0.15) is 36.8 Å². The number of nitrogens with one attached hydrogen (secondary N) is 1. The number of rotatable bonds is 4. The summed E-state index contributed by atoms with van der Waals surface area (Å²) < 4.78 is 39.3. The molecule has 0 aliphatic carbocycles. The molecule has 1 aromatic carbocycles. The van der Waals surface area contributed by atoms with Crippen LogP contribution in [0, 0.1) is 0 Å². The number of hydrogen-bond acceptors (Lipinski definition) is 3. The number of anilines is 1. The summed E-state index contributed by atoms with van der Waals surface area (Å²) in [5, 5.41) is 3.31. The van der Waals surface area contributed by atoms with Crippen molar-refractivity contribution in [2.24, 2.45) is 0 Å². The molecule has 1 N–H and O–H groups in total. The van der Waals surface area contributed by atoms with Crippen LogP contribution in [0.4, 0.5) is 18.9 Å². The van der Waals surface area contributed by atoms with E-state index in [0.717, 1.165) is 69.7 Å². The number of nitrogens with zero attached hydrogens (tertiary/aromatic N) is 2. The van der Waals surface area contributed by atoms with Gasteiger partial charge in [-0.1, -0.05) is 6.07 Å². The molecule has 0 spiro atoms. The second-order valence-corrected chi connectivity index (χ2v) is 6.87. The van der Waals surface area contributed by atoms with Crippen LogP contribution in [0.2, 0.25) is 0 Å².